The molecule has 1 aromatic carbocycles. The van der Waals surface area contributed by atoms with Crippen LogP contribution >= 0.6 is 0 Å². The van der Waals surface area contributed by atoms with Crippen molar-refractivity contribution >= 4 is 5.91 Å². The lowest BCUT2D eigenvalue weighted by molar-refractivity contribution is -0.0303. The zero-order valence-electron chi connectivity index (χ0n) is 11.9. The maximum Gasteiger partial charge on any atom is 0.254 e. The number of nitrogens with zero attached hydrogens (tertiary/aromatic N) is 1. The van der Waals surface area contributed by atoms with Gasteiger partial charge in [-0.05, 0) is 36.5 Å². The number of hydrogen-bond donors (Lipinski definition) is 0. The number of carbonyl (C=O) groups is 1. The molecule has 3 nitrogen and oxygen atoms in total. The zero-order valence-corrected chi connectivity index (χ0v) is 11.9. The number of likely N-dealkylation sites (tertiary alicyclic amines) is 1. The summed E-state index contributed by atoms with van der Waals surface area (Å²) >= 11 is 0. The fourth-order valence-corrected chi connectivity index (χ4v) is 3.09. The Kier molecular flexibility index (Phi) is 3.50. The van der Waals surface area contributed by atoms with E-state index in [1.54, 1.807) is 17.0 Å². The first-order valence-corrected chi connectivity index (χ1v) is 7.28. The first-order chi connectivity index (χ1) is 9.54. The van der Waals surface area contributed by atoms with E-state index < -0.39 is 0 Å². The fourth-order valence-electron chi connectivity index (χ4n) is 3.09. The summed E-state index contributed by atoms with van der Waals surface area (Å²) in [5.74, 6) is -0.250. The normalized spacial score (nSPS) is 25.3. The highest BCUT2D eigenvalue weighted by atomic mass is 19.1. The van der Waals surface area contributed by atoms with E-state index in [4.69, 9.17) is 4.74 Å². The van der Waals surface area contributed by atoms with Gasteiger partial charge in [0, 0.05) is 18.7 Å². The molecular formula is C16H20FNO2. The van der Waals surface area contributed by atoms with Crippen molar-refractivity contribution in [1.29, 1.82) is 0 Å². The van der Waals surface area contributed by atoms with E-state index in [-0.39, 0.29) is 29.9 Å². The minimum atomic E-state index is -0.290. The monoisotopic (exact) mass is 277 g/mol. The molecule has 2 heterocycles. The van der Waals surface area contributed by atoms with Crippen molar-refractivity contribution in [1.82, 2.24) is 4.90 Å². The molecule has 108 valence electrons. The van der Waals surface area contributed by atoms with Crippen LogP contribution in [0.4, 0.5) is 4.39 Å². The number of morpholine rings is 1. The number of benzene rings is 1. The first-order valence-electron chi connectivity index (χ1n) is 7.28. The van der Waals surface area contributed by atoms with Gasteiger partial charge in [0.15, 0.2) is 0 Å². The number of carbonyl (C=O) groups excluding carboxylic acids is 1. The predicted molar refractivity (Wildman–Crippen MR) is 74.3 cm³/mol. The van der Waals surface area contributed by atoms with Crippen molar-refractivity contribution in [3.63, 3.8) is 0 Å². The van der Waals surface area contributed by atoms with Gasteiger partial charge in [-0.3, -0.25) is 4.79 Å². The van der Waals surface area contributed by atoms with Gasteiger partial charge in [-0.2, -0.15) is 0 Å². The Bertz CT molecular complexity index is 517. The molecule has 2 fully saturated rings. The van der Waals surface area contributed by atoms with Crippen LogP contribution in [0.3, 0.4) is 0 Å². The van der Waals surface area contributed by atoms with Gasteiger partial charge in [0.25, 0.3) is 5.91 Å². The standard InChI is InChI=1S/C16H20FNO2/c1-10(2)14-6-3-11(7-15(14)17)16(19)18-8-12-4-5-13(9-18)20-12/h3,6-7,10,12-13H,4-5,8-9H2,1-2H3. The summed E-state index contributed by atoms with van der Waals surface area (Å²) in [6, 6.07) is 4.83. The molecule has 0 N–H and O–H groups in total. The molecule has 2 aliphatic rings. The summed E-state index contributed by atoms with van der Waals surface area (Å²) in [5.41, 5.74) is 1.09. The Hall–Kier alpha value is -1.42. The maximum atomic E-state index is 14.0. The van der Waals surface area contributed by atoms with E-state index in [0.29, 0.717) is 24.2 Å². The van der Waals surface area contributed by atoms with E-state index in [0.717, 1.165) is 12.8 Å². The third kappa shape index (κ3) is 2.44. The highest BCUT2D eigenvalue weighted by Gasteiger charge is 2.36. The van der Waals surface area contributed by atoms with Crippen LogP contribution in [-0.4, -0.2) is 36.1 Å². The quantitative estimate of drug-likeness (QED) is 0.831. The number of halogens is 1. The molecule has 2 saturated heterocycles. The van der Waals surface area contributed by atoms with Crippen LogP contribution in [0.25, 0.3) is 0 Å². The minimum absolute atomic E-state index is 0.0839. The molecule has 20 heavy (non-hydrogen) atoms. The molecule has 0 aromatic heterocycles. The minimum Gasteiger partial charge on any atom is -0.371 e. The molecule has 2 atom stereocenters. The number of hydrogen-bond acceptors (Lipinski definition) is 2. The van der Waals surface area contributed by atoms with Gasteiger partial charge in [0.1, 0.15) is 5.82 Å². The van der Waals surface area contributed by atoms with Gasteiger partial charge in [0.2, 0.25) is 0 Å². The predicted octanol–water partition coefficient (Wildman–Crippen LogP) is 2.95. The number of fused-ring (bicyclic) bond motifs is 2. The van der Waals surface area contributed by atoms with Gasteiger partial charge in [-0.15, -0.1) is 0 Å². The van der Waals surface area contributed by atoms with Gasteiger partial charge in [-0.25, -0.2) is 4.39 Å². The van der Waals surface area contributed by atoms with Crippen molar-refractivity contribution < 1.29 is 13.9 Å². The first kappa shape index (κ1) is 13.6. The van der Waals surface area contributed by atoms with Crippen LogP contribution in [-0.2, 0) is 4.74 Å². The largest absolute Gasteiger partial charge is 0.371 e. The van der Waals surface area contributed by atoms with Crippen LogP contribution in [0.1, 0.15) is 48.5 Å². The second kappa shape index (κ2) is 5.17. The van der Waals surface area contributed by atoms with E-state index in [1.165, 1.54) is 6.07 Å². The molecule has 2 aliphatic heterocycles. The Balaban J connectivity index is 1.79. The van der Waals surface area contributed by atoms with Crippen LogP contribution in [0.5, 0.6) is 0 Å². The second-order valence-corrected chi connectivity index (χ2v) is 6.06. The lowest BCUT2D eigenvalue weighted by Crippen LogP contribution is -2.45. The van der Waals surface area contributed by atoms with Crippen molar-refractivity contribution in [3.8, 4) is 0 Å². The van der Waals surface area contributed by atoms with Crippen LogP contribution < -0.4 is 0 Å². The summed E-state index contributed by atoms with van der Waals surface area (Å²) in [5, 5.41) is 0. The lowest BCUT2D eigenvalue weighted by Gasteiger charge is -2.32. The molecule has 0 aliphatic carbocycles. The van der Waals surface area contributed by atoms with Gasteiger partial charge in [-0.1, -0.05) is 19.9 Å². The molecule has 3 rings (SSSR count). The smallest absolute Gasteiger partial charge is 0.254 e. The molecule has 0 spiro atoms. The van der Waals surface area contributed by atoms with Crippen molar-refractivity contribution in [2.24, 2.45) is 0 Å². The molecule has 1 amide bonds. The van der Waals surface area contributed by atoms with Crippen molar-refractivity contribution in [2.75, 3.05) is 13.1 Å². The SMILES string of the molecule is CC(C)c1ccc(C(=O)N2CC3CCC(C2)O3)cc1F. The van der Waals surface area contributed by atoms with Crippen LogP contribution in [0, 0.1) is 5.82 Å². The Labute approximate surface area is 118 Å². The highest BCUT2D eigenvalue weighted by Crippen LogP contribution is 2.27. The maximum absolute atomic E-state index is 14.0. The Morgan fingerprint density at radius 3 is 2.50 bits per heavy atom. The summed E-state index contributed by atoms with van der Waals surface area (Å²) in [4.78, 5) is 14.3. The average molecular weight is 277 g/mol. The Morgan fingerprint density at radius 1 is 1.30 bits per heavy atom. The molecule has 0 radical (unpaired) electrons. The highest BCUT2D eigenvalue weighted by molar-refractivity contribution is 5.94. The summed E-state index contributed by atoms with van der Waals surface area (Å²) in [7, 11) is 0. The summed E-state index contributed by atoms with van der Waals surface area (Å²) in [6.45, 7) is 5.14. The zero-order chi connectivity index (χ0) is 14.3. The lowest BCUT2D eigenvalue weighted by atomic mass is 10.0. The summed E-state index contributed by atoms with van der Waals surface area (Å²) in [6.07, 6.45) is 2.37. The van der Waals surface area contributed by atoms with Crippen molar-refractivity contribution in [2.45, 2.75) is 44.8 Å². The van der Waals surface area contributed by atoms with E-state index in [2.05, 4.69) is 0 Å². The molecule has 0 saturated carbocycles. The number of amides is 1. The molecular weight excluding hydrogens is 257 g/mol. The van der Waals surface area contributed by atoms with E-state index in [9.17, 15) is 9.18 Å². The second-order valence-electron chi connectivity index (χ2n) is 6.06. The van der Waals surface area contributed by atoms with E-state index in [1.807, 2.05) is 13.8 Å². The average Bonchev–Trinajstić information content (AvgIpc) is 2.76. The molecule has 4 heteroatoms. The van der Waals surface area contributed by atoms with Gasteiger partial charge >= 0.3 is 0 Å². The third-order valence-corrected chi connectivity index (χ3v) is 4.20. The van der Waals surface area contributed by atoms with E-state index >= 15 is 0 Å². The number of rotatable bonds is 2. The van der Waals surface area contributed by atoms with Gasteiger partial charge < -0.3 is 9.64 Å². The number of ether oxygens (including phenoxy) is 1. The van der Waals surface area contributed by atoms with Crippen LogP contribution in [0.2, 0.25) is 0 Å². The third-order valence-electron chi connectivity index (χ3n) is 4.20. The molecule has 1 aromatic rings. The topological polar surface area (TPSA) is 29.5 Å². The van der Waals surface area contributed by atoms with Crippen LogP contribution in [0.15, 0.2) is 18.2 Å². The van der Waals surface area contributed by atoms with Crippen molar-refractivity contribution in [3.05, 3.63) is 35.1 Å². The molecule has 2 bridgehead atoms. The fraction of sp³-hybridized carbons (Fsp3) is 0.562. The van der Waals surface area contributed by atoms with Gasteiger partial charge in [0.05, 0.1) is 12.2 Å². The molecule has 2 unspecified atom stereocenters. The Morgan fingerprint density at radius 2 is 1.95 bits per heavy atom. The summed E-state index contributed by atoms with van der Waals surface area (Å²) < 4.78 is 19.7.